The zero-order valence-electron chi connectivity index (χ0n) is 9.37. The molecule has 0 amide bonds. The fourth-order valence-electron chi connectivity index (χ4n) is 0.880. The first-order chi connectivity index (χ1) is 6.61. The monoisotopic (exact) mass is 201 g/mol. The Morgan fingerprint density at radius 3 is 2.43 bits per heavy atom. The second-order valence-corrected chi connectivity index (χ2v) is 3.17. The molecule has 4 heteroatoms. The highest BCUT2D eigenvalue weighted by molar-refractivity contribution is 5.79. The molecule has 0 bridgehead atoms. The Morgan fingerprint density at radius 1 is 1.36 bits per heavy atom. The maximum absolute atomic E-state index is 11.3. The summed E-state index contributed by atoms with van der Waals surface area (Å²) in [6.07, 6.45) is 0.937. The Labute approximate surface area is 85.3 Å². The van der Waals surface area contributed by atoms with Gasteiger partial charge in [-0.05, 0) is 27.2 Å². The van der Waals surface area contributed by atoms with Crippen LogP contribution in [0.25, 0.3) is 0 Å². The highest BCUT2D eigenvalue weighted by Crippen LogP contribution is 2.05. The van der Waals surface area contributed by atoms with Crippen LogP contribution in [0.5, 0.6) is 0 Å². The van der Waals surface area contributed by atoms with Crippen molar-refractivity contribution >= 4 is 11.7 Å². The molecule has 0 heterocycles. The van der Waals surface area contributed by atoms with Crippen molar-refractivity contribution < 1.29 is 14.4 Å². The van der Waals surface area contributed by atoms with Gasteiger partial charge in [0, 0.05) is 0 Å². The summed E-state index contributed by atoms with van der Waals surface area (Å²) in [5, 5.41) is 3.76. The van der Waals surface area contributed by atoms with E-state index in [0.717, 1.165) is 12.1 Å². The van der Waals surface area contributed by atoms with Crippen molar-refractivity contribution in [3.8, 4) is 0 Å². The van der Waals surface area contributed by atoms with Gasteiger partial charge in [0.05, 0.1) is 12.3 Å². The lowest BCUT2D eigenvalue weighted by molar-refractivity contribution is -0.157. The van der Waals surface area contributed by atoms with Gasteiger partial charge in [-0.25, -0.2) is 4.79 Å². The van der Waals surface area contributed by atoms with E-state index in [1.165, 1.54) is 0 Å². The number of carbonyl (C=O) groups excluding carboxylic acids is 1. The third-order valence-corrected chi connectivity index (χ3v) is 1.46. The van der Waals surface area contributed by atoms with Crippen molar-refractivity contribution in [1.82, 2.24) is 0 Å². The molecular weight excluding hydrogens is 182 g/mol. The number of hydrogen-bond acceptors (Lipinski definition) is 4. The van der Waals surface area contributed by atoms with Crippen molar-refractivity contribution in [2.45, 2.75) is 46.6 Å². The molecule has 4 nitrogen and oxygen atoms in total. The third kappa shape index (κ3) is 5.56. The Morgan fingerprint density at radius 2 is 2.00 bits per heavy atom. The second-order valence-electron chi connectivity index (χ2n) is 3.17. The van der Waals surface area contributed by atoms with Crippen LogP contribution in [-0.2, 0) is 14.4 Å². The van der Waals surface area contributed by atoms with Crippen molar-refractivity contribution in [3.63, 3.8) is 0 Å². The van der Waals surface area contributed by atoms with Gasteiger partial charge in [-0.3, -0.25) is 0 Å². The maximum atomic E-state index is 11.3. The van der Waals surface area contributed by atoms with Crippen LogP contribution in [0.15, 0.2) is 5.16 Å². The molecule has 1 unspecified atom stereocenters. The van der Waals surface area contributed by atoms with E-state index in [2.05, 4.69) is 5.16 Å². The summed E-state index contributed by atoms with van der Waals surface area (Å²) in [5.41, 5.74) is 0.787. The summed E-state index contributed by atoms with van der Waals surface area (Å²) < 4.78 is 4.86. The van der Waals surface area contributed by atoms with Gasteiger partial charge in [0.25, 0.3) is 0 Å². The number of hydrogen-bond donors (Lipinski definition) is 0. The third-order valence-electron chi connectivity index (χ3n) is 1.46. The Kier molecular flexibility index (Phi) is 6.80. The number of esters is 1. The first kappa shape index (κ1) is 12.9. The molecule has 0 saturated heterocycles. The quantitative estimate of drug-likeness (QED) is 0.376. The number of ether oxygens (including phenoxy) is 1. The van der Waals surface area contributed by atoms with E-state index in [1.807, 2.05) is 20.8 Å². The molecule has 0 N–H and O–H groups in total. The molecule has 0 spiro atoms. The van der Waals surface area contributed by atoms with E-state index in [-0.39, 0.29) is 5.97 Å². The molecule has 1 atom stereocenters. The van der Waals surface area contributed by atoms with Crippen molar-refractivity contribution in [1.29, 1.82) is 0 Å². The SMILES string of the molecule is CCCC(ON=C(C)C)C(=O)OCC. The molecule has 0 aliphatic heterocycles. The first-order valence-electron chi connectivity index (χ1n) is 4.95. The van der Waals surface area contributed by atoms with Crippen molar-refractivity contribution in [2.75, 3.05) is 6.61 Å². The van der Waals surface area contributed by atoms with Gasteiger partial charge < -0.3 is 9.57 Å². The molecule has 82 valence electrons. The van der Waals surface area contributed by atoms with Crippen LogP contribution in [0.2, 0.25) is 0 Å². The normalized spacial score (nSPS) is 11.7. The average molecular weight is 201 g/mol. The summed E-state index contributed by atoms with van der Waals surface area (Å²) in [4.78, 5) is 16.4. The minimum Gasteiger partial charge on any atom is -0.463 e. The number of oxime groups is 1. The zero-order valence-corrected chi connectivity index (χ0v) is 9.37. The molecule has 0 aliphatic carbocycles. The van der Waals surface area contributed by atoms with E-state index < -0.39 is 6.10 Å². The van der Waals surface area contributed by atoms with E-state index in [4.69, 9.17) is 9.57 Å². The molecule has 14 heavy (non-hydrogen) atoms. The maximum Gasteiger partial charge on any atom is 0.350 e. The van der Waals surface area contributed by atoms with Crippen LogP contribution < -0.4 is 0 Å². The van der Waals surface area contributed by atoms with Gasteiger partial charge in [-0.15, -0.1) is 0 Å². The van der Waals surface area contributed by atoms with Crippen LogP contribution in [0.4, 0.5) is 0 Å². The summed E-state index contributed by atoms with van der Waals surface area (Å²) in [5.74, 6) is -0.334. The van der Waals surface area contributed by atoms with Crippen LogP contribution in [-0.4, -0.2) is 24.4 Å². The highest BCUT2D eigenvalue weighted by atomic mass is 16.7. The van der Waals surface area contributed by atoms with Crippen molar-refractivity contribution in [2.24, 2.45) is 5.16 Å². The fourth-order valence-corrected chi connectivity index (χ4v) is 0.880. The van der Waals surface area contributed by atoms with Crippen molar-refractivity contribution in [3.05, 3.63) is 0 Å². The Bertz CT molecular complexity index is 198. The largest absolute Gasteiger partial charge is 0.463 e. The molecule has 0 rings (SSSR count). The molecule has 0 radical (unpaired) electrons. The standard InChI is InChI=1S/C10H19NO3/c1-5-7-9(10(12)13-6-2)14-11-8(3)4/h9H,5-7H2,1-4H3. The zero-order chi connectivity index (χ0) is 11.0. The number of rotatable bonds is 6. The van der Waals surface area contributed by atoms with Gasteiger partial charge in [0.15, 0.2) is 0 Å². The lowest BCUT2D eigenvalue weighted by Crippen LogP contribution is -2.25. The van der Waals surface area contributed by atoms with Crippen LogP contribution in [0.3, 0.4) is 0 Å². The summed E-state index contributed by atoms with van der Waals surface area (Å²) in [7, 11) is 0. The van der Waals surface area contributed by atoms with Crippen LogP contribution in [0.1, 0.15) is 40.5 Å². The molecule has 0 aromatic heterocycles. The highest BCUT2D eigenvalue weighted by Gasteiger charge is 2.20. The minimum atomic E-state index is -0.560. The molecule has 0 aromatic carbocycles. The van der Waals surface area contributed by atoms with E-state index in [9.17, 15) is 4.79 Å². The van der Waals surface area contributed by atoms with E-state index in [0.29, 0.717) is 13.0 Å². The van der Waals surface area contributed by atoms with Crippen LogP contribution >= 0.6 is 0 Å². The van der Waals surface area contributed by atoms with Gasteiger partial charge in [0.1, 0.15) is 0 Å². The molecular formula is C10H19NO3. The summed E-state index contributed by atoms with van der Waals surface area (Å²) >= 11 is 0. The average Bonchev–Trinajstić information content (AvgIpc) is 2.12. The van der Waals surface area contributed by atoms with E-state index in [1.54, 1.807) is 6.92 Å². The molecule has 0 aliphatic rings. The summed E-state index contributed by atoms with van der Waals surface area (Å²) in [6.45, 7) is 7.76. The van der Waals surface area contributed by atoms with Gasteiger partial charge in [-0.1, -0.05) is 18.5 Å². The molecule has 0 saturated carbocycles. The predicted octanol–water partition coefficient (Wildman–Crippen LogP) is 2.13. The predicted molar refractivity (Wildman–Crippen MR) is 55.2 cm³/mol. The minimum absolute atomic E-state index is 0.334. The van der Waals surface area contributed by atoms with Gasteiger partial charge in [-0.2, -0.15) is 0 Å². The van der Waals surface area contributed by atoms with Gasteiger partial charge in [0.2, 0.25) is 6.10 Å². The first-order valence-corrected chi connectivity index (χ1v) is 4.95. The summed E-state index contributed by atoms with van der Waals surface area (Å²) in [6, 6.07) is 0. The Balaban J connectivity index is 4.13. The second kappa shape index (κ2) is 7.35. The number of carbonyl (C=O) groups is 1. The van der Waals surface area contributed by atoms with Crippen LogP contribution in [0, 0.1) is 0 Å². The molecule has 0 fully saturated rings. The topological polar surface area (TPSA) is 47.9 Å². The molecule has 0 aromatic rings. The number of nitrogens with zero attached hydrogens (tertiary/aromatic N) is 1. The van der Waals surface area contributed by atoms with E-state index >= 15 is 0 Å². The lowest BCUT2D eigenvalue weighted by Gasteiger charge is -2.12. The fraction of sp³-hybridized carbons (Fsp3) is 0.800. The van der Waals surface area contributed by atoms with Gasteiger partial charge >= 0.3 is 5.97 Å². The lowest BCUT2D eigenvalue weighted by atomic mass is 10.2. The smallest absolute Gasteiger partial charge is 0.350 e. The Hall–Kier alpha value is -1.06.